The van der Waals surface area contributed by atoms with Gasteiger partial charge in [0.05, 0.1) is 24.7 Å². The van der Waals surface area contributed by atoms with Crippen LogP contribution in [0.2, 0.25) is 0 Å². The minimum atomic E-state index is -4.80. The maximum atomic E-state index is 12.4. The number of carbonyl (C=O) groups excluding carboxylic acids is 1. The SMILES string of the molecule is CCC(O)(CC)[C@H]1C(C(=O)ON)O[C@@H](Oc2ccc(OC)cc2)[C@@H](OS(=O)(=O)ON)C1O. The summed E-state index contributed by atoms with van der Waals surface area (Å²) >= 11 is 0. The van der Waals surface area contributed by atoms with Crippen molar-refractivity contribution in [2.75, 3.05) is 7.11 Å². The predicted molar refractivity (Wildman–Crippen MR) is 107 cm³/mol. The first-order valence-electron chi connectivity index (χ1n) is 9.64. The van der Waals surface area contributed by atoms with Crippen molar-refractivity contribution in [2.24, 2.45) is 17.7 Å². The highest BCUT2D eigenvalue weighted by atomic mass is 32.3. The zero-order valence-electron chi connectivity index (χ0n) is 17.7. The smallest absolute Gasteiger partial charge is 0.416 e. The highest BCUT2D eigenvalue weighted by molar-refractivity contribution is 7.81. The van der Waals surface area contributed by atoms with Gasteiger partial charge in [-0.2, -0.15) is 24.5 Å². The molecule has 1 aliphatic heterocycles. The molecule has 13 nitrogen and oxygen atoms in total. The van der Waals surface area contributed by atoms with Gasteiger partial charge in [0.1, 0.15) is 11.5 Å². The third kappa shape index (κ3) is 5.65. The van der Waals surface area contributed by atoms with Crippen LogP contribution in [0, 0.1) is 5.92 Å². The van der Waals surface area contributed by atoms with E-state index in [0.717, 1.165) is 0 Å². The molecular formula is C18H28N2O11S. The molecule has 0 aromatic heterocycles. The van der Waals surface area contributed by atoms with E-state index < -0.39 is 52.5 Å². The van der Waals surface area contributed by atoms with Crippen LogP contribution in [0.4, 0.5) is 0 Å². The average molecular weight is 480 g/mol. The fourth-order valence-electron chi connectivity index (χ4n) is 3.59. The summed E-state index contributed by atoms with van der Waals surface area (Å²) in [5.74, 6) is 7.90. The van der Waals surface area contributed by atoms with Gasteiger partial charge in [0, 0.05) is 0 Å². The second-order valence-corrected chi connectivity index (χ2v) is 8.25. The molecule has 1 aromatic carbocycles. The van der Waals surface area contributed by atoms with Gasteiger partial charge in [0.2, 0.25) is 6.29 Å². The van der Waals surface area contributed by atoms with E-state index in [9.17, 15) is 23.4 Å². The van der Waals surface area contributed by atoms with Crippen LogP contribution in [0.15, 0.2) is 24.3 Å². The third-order valence-corrected chi connectivity index (χ3v) is 6.13. The van der Waals surface area contributed by atoms with E-state index in [1.54, 1.807) is 26.0 Å². The van der Waals surface area contributed by atoms with Gasteiger partial charge in [0.15, 0.2) is 12.2 Å². The first-order valence-corrected chi connectivity index (χ1v) is 11.0. The van der Waals surface area contributed by atoms with E-state index in [2.05, 4.69) is 9.12 Å². The normalized spacial score (nSPS) is 26.4. The molecule has 1 aromatic rings. The monoisotopic (exact) mass is 480 g/mol. The molecule has 0 radical (unpaired) electrons. The Labute approximate surface area is 185 Å². The van der Waals surface area contributed by atoms with Crippen LogP contribution in [0.1, 0.15) is 26.7 Å². The number of benzene rings is 1. The van der Waals surface area contributed by atoms with Crippen molar-refractivity contribution in [3.05, 3.63) is 24.3 Å². The van der Waals surface area contributed by atoms with Crippen LogP contribution >= 0.6 is 0 Å². The van der Waals surface area contributed by atoms with E-state index in [1.165, 1.54) is 19.2 Å². The largest absolute Gasteiger partial charge is 0.497 e. The maximum Gasteiger partial charge on any atom is 0.416 e. The van der Waals surface area contributed by atoms with Crippen molar-refractivity contribution < 1.29 is 50.9 Å². The first kappa shape index (κ1) is 26.2. The summed E-state index contributed by atoms with van der Waals surface area (Å²) < 4.78 is 48.7. The van der Waals surface area contributed by atoms with Gasteiger partial charge in [-0.25, -0.2) is 8.98 Å². The van der Waals surface area contributed by atoms with Gasteiger partial charge < -0.3 is 29.3 Å². The minimum Gasteiger partial charge on any atom is -0.497 e. The second-order valence-electron chi connectivity index (χ2n) is 7.05. The third-order valence-electron chi connectivity index (χ3n) is 5.43. The molecule has 0 amide bonds. The standard InChI is InChI=1S/C18H28N2O11S/c1-4-18(23,5-2)12-13(21)15(30-32(24,25)31-20)17(28-14(12)16(22)29-19)27-11-8-6-10(26-3)7-9-11/h6-9,12-15,17,21,23H,4-5,19-20H2,1-3H3/t12-,13?,14?,15+,17-/m1/s1. The topological polar surface area (TPSA) is 199 Å². The number of nitrogens with two attached hydrogens (primary N) is 2. The summed E-state index contributed by atoms with van der Waals surface area (Å²) in [7, 11) is -3.34. The highest BCUT2D eigenvalue weighted by Crippen LogP contribution is 2.40. The zero-order valence-corrected chi connectivity index (χ0v) is 18.6. The molecular weight excluding hydrogens is 452 g/mol. The molecule has 1 aliphatic rings. The Morgan fingerprint density at radius 1 is 1.16 bits per heavy atom. The summed E-state index contributed by atoms with van der Waals surface area (Å²) in [6.45, 7) is 3.22. The number of aliphatic hydroxyl groups is 2. The van der Waals surface area contributed by atoms with Crippen LogP contribution < -0.4 is 21.3 Å². The second kappa shape index (κ2) is 10.7. The lowest BCUT2D eigenvalue weighted by Crippen LogP contribution is -2.65. The van der Waals surface area contributed by atoms with Crippen LogP contribution in [-0.4, -0.2) is 61.9 Å². The number of methoxy groups -OCH3 is 1. The van der Waals surface area contributed by atoms with Crippen molar-refractivity contribution in [1.82, 2.24) is 0 Å². The molecule has 2 unspecified atom stereocenters. The lowest BCUT2D eigenvalue weighted by molar-refractivity contribution is -0.279. The van der Waals surface area contributed by atoms with Crippen LogP contribution in [0.25, 0.3) is 0 Å². The van der Waals surface area contributed by atoms with Crippen LogP contribution in [-0.2, 0) is 33.2 Å². The van der Waals surface area contributed by atoms with Gasteiger partial charge in [-0.3, -0.25) is 0 Å². The lowest BCUT2D eigenvalue weighted by atomic mass is 9.73. The fraction of sp³-hybridized carbons (Fsp3) is 0.611. The number of rotatable bonds is 10. The van der Waals surface area contributed by atoms with E-state index in [0.29, 0.717) is 5.75 Å². The van der Waals surface area contributed by atoms with Crippen LogP contribution in [0.5, 0.6) is 11.5 Å². The Hall–Kier alpha value is -2.04. The number of ether oxygens (including phenoxy) is 3. The quantitative estimate of drug-likeness (QED) is 0.306. The molecule has 0 saturated carbocycles. The van der Waals surface area contributed by atoms with E-state index >= 15 is 0 Å². The first-order chi connectivity index (χ1) is 15.1. The zero-order chi connectivity index (χ0) is 24.1. The van der Waals surface area contributed by atoms with Crippen molar-refractivity contribution in [1.29, 1.82) is 0 Å². The average Bonchev–Trinajstić information content (AvgIpc) is 2.80. The number of carbonyl (C=O) groups is 1. The number of hydrogen-bond acceptors (Lipinski definition) is 13. The summed E-state index contributed by atoms with van der Waals surface area (Å²) in [4.78, 5) is 16.6. The molecule has 0 aliphatic carbocycles. The summed E-state index contributed by atoms with van der Waals surface area (Å²) in [5.41, 5.74) is -1.68. The van der Waals surface area contributed by atoms with Gasteiger partial charge in [-0.1, -0.05) is 13.8 Å². The van der Waals surface area contributed by atoms with Gasteiger partial charge >= 0.3 is 16.4 Å². The van der Waals surface area contributed by atoms with Crippen molar-refractivity contribution >= 4 is 16.4 Å². The summed E-state index contributed by atoms with van der Waals surface area (Å²) in [6.07, 6.45) is -6.77. The van der Waals surface area contributed by atoms with Crippen molar-refractivity contribution in [3.8, 4) is 11.5 Å². The Balaban J connectivity index is 2.50. The molecule has 182 valence electrons. The van der Waals surface area contributed by atoms with Gasteiger partial charge in [0.25, 0.3) is 0 Å². The van der Waals surface area contributed by atoms with Gasteiger partial charge in [-0.05, 0) is 37.1 Å². The molecule has 1 fully saturated rings. The Morgan fingerprint density at radius 2 is 1.72 bits per heavy atom. The molecule has 14 heteroatoms. The highest BCUT2D eigenvalue weighted by Gasteiger charge is 2.58. The lowest BCUT2D eigenvalue weighted by Gasteiger charge is -2.48. The molecule has 6 N–H and O–H groups in total. The molecule has 1 heterocycles. The predicted octanol–water partition coefficient (Wildman–Crippen LogP) is -0.736. The van der Waals surface area contributed by atoms with E-state index in [-0.39, 0.29) is 18.6 Å². The Bertz CT molecular complexity index is 860. The van der Waals surface area contributed by atoms with Crippen molar-refractivity contribution in [3.63, 3.8) is 0 Å². The molecule has 0 bridgehead atoms. The summed E-state index contributed by atoms with van der Waals surface area (Å²) in [5, 5.41) is 22.1. The van der Waals surface area contributed by atoms with Crippen LogP contribution in [0.3, 0.4) is 0 Å². The number of aliphatic hydroxyl groups excluding tert-OH is 1. The Kier molecular flexibility index (Phi) is 8.78. The fourth-order valence-corrected chi connectivity index (χ4v) is 4.11. The molecule has 5 atom stereocenters. The van der Waals surface area contributed by atoms with E-state index in [1.807, 2.05) is 0 Å². The maximum absolute atomic E-state index is 12.4. The van der Waals surface area contributed by atoms with E-state index in [4.69, 9.17) is 30.2 Å². The number of hydrogen-bond donors (Lipinski definition) is 4. The molecule has 32 heavy (non-hydrogen) atoms. The molecule has 0 spiro atoms. The molecule has 1 saturated heterocycles. The molecule has 2 rings (SSSR count). The minimum absolute atomic E-state index is 0.0692. The van der Waals surface area contributed by atoms with Gasteiger partial charge in [-0.15, -0.1) is 0 Å². The van der Waals surface area contributed by atoms with Crippen molar-refractivity contribution in [2.45, 2.75) is 56.9 Å². The Morgan fingerprint density at radius 3 is 2.19 bits per heavy atom. The summed E-state index contributed by atoms with van der Waals surface area (Å²) in [6, 6.07) is 6.03.